The van der Waals surface area contributed by atoms with E-state index in [0.29, 0.717) is 0 Å². The van der Waals surface area contributed by atoms with Crippen LogP contribution in [0.3, 0.4) is 0 Å². The van der Waals surface area contributed by atoms with Crippen LogP contribution in [0.15, 0.2) is 60.7 Å². The normalized spacial score (nSPS) is 18.9. The Morgan fingerprint density at radius 1 is 0.900 bits per heavy atom. The molecule has 1 fully saturated rings. The molecule has 0 bridgehead atoms. The molecule has 4 rings (SSSR count). The molecule has 30 heavy (non-hydrogen) atoms. The number of hydrogen-bond donors (Lipinski definition) is 2. The number of nitrogens with one attached hydrogen (secondary N) is 2. The number of carbonyl (C=O) groups is 1. The summed E-state index contributed by atoms with van der Waals surface area (Å²) in [5, 5.41) is 8.08. The van der Waals surface area contributed by atoms with Crippen molar-refractivity contribution in [2.24, 2.45) is 0 Å². The molecule has 2 N–H and O–H groups in total. The van der Waals surface area contributed by atoms with E-state index in [4.69, 9.17) is 4.74 Å². The van der Waals surface area contributed by atoms with E-state index in [1.807, 2.05) is 42.5 Å². The third-order valence-electron chi connectivity index (χ3n) is 5.54. The maximum atomic E-state index is 13.7. The van der Waals surface area contributed by atoms with E-state index in [0.717, 1.165) is 42.1 Å². The van der Waals surface area contributed by atoms with Gasteiger partial charge in [0.2, 0.25) is 0 Å². The summed E-state index contributed by atoms with van der Waals surface area (Å²) >= 11 is 0. The number of anilines is 1. The molecule has 0 radical (unpaired) electrons. The molecule has 1 aliphatic rings. The molecular weight excluding hydrogens is 386 g/mol. The number of carbonyl (C=O) groups excluding carboxylic acids is 1. The fourth-order valence-corrected chi connectivity index (χ4v) is 3.86. The second-order valence-electron chi connectivity index (χ2n) is 7.65. The van der Waals surface area contributed by atoms with Gasteiger partial charge in [0.25, 0.3) is 0 Å². The van der Waals surface area contributed by atoms with Crippen molar-refractivity contribution in [3.8, 4) is 0 Å². The van der Waals surface area contributed by atoms with Crippen molar-refractivity contribution in [2.45, 2.75) is 44.4 Å². The van der Waals surface area contributed by atoms with Crippen LogP contribution in [0.5, 0.6) is 0 Å². The van der Waals surface area contributed by atoms with Crippen LogP contribution >= 0.6 is 0 Å². The Balaban J connectivity index is 1.23. The highest BCUT2D eigenvalue weighted by Crippen LogP contribution is 2.24. The molecule has 2 amide bonds. The number of rotatable bonds is 5. The summed E-state index contributed by atoms with van der Waals surface area (Å²) in [6, 6.07) is 17.4. The fraction of sp³-hybridized carbons (Fsp3) is 0.292. The van der Waals surface area contributed by atoms with E-state index < -0.39 is 11.6 Å². The highest BCUT2D eigenvalue weighted by Gasteiger charge is 2.23. The Hall–Kier alpha value is -2.99. The quantitative estimate of drug-likeness (QED) is 0.561. The summed E-state index contributed by atoms with van der Waals surface area (Å²) < 4.78 is 33.1. The van der Waals surface area contributed by atoms with Crippen molar-refractivity contribution in [2.75, 3.05) is 5.32 Å². The SMILES string of the molecule is O=C(Nc1ccc2ccccc2c1)N[C@H]1CC[C@H](OCc2c(F)cccc2F)CC1. The van der Waals surface area contributed by atoms with Crippen LogP contribution in [-0.2, 0) is 11.3 Å². The minimum atomic E-state index is -0.587. The van der Waals surface area contributed by atoms with Crippen LogP contribution in [0.4, 0.5) is 19.3 Å². The van der Waals surface area contributed by atoms with Crippen molar-refractivity contribution in [1.29, 1.82) is 0 Å². The third kappa shape index (κ3) is 4.94. The molecule has 1 aliphatic carbocycles. The van der Waals surface area contributed by atoms with E-state index in [9.17, 15) is 13.6 Å². The van der Waals surface area contributed by atoms with Crippen molar-refractivity contribution in [1.82, 2.24) is 5.32 Å². The lowest BCUT2D eigenvalue weighted by atomic mass is 9.93. The molecule has 0 aliphatic heterocycles. The van der Waals surface area contributed by atoms with Gasteiger partial charge in [0.1, 0.15) is 11.6 Å². The Bertz CT molecular complexity index is 1010. The lowest BCUT2D eigenvalue weighted by Gasteiger charge is -2.29. The van der Waals surface area contributed by atoms with Crippen LogP contribution < -0.4 is 10.6 Å². The number of ether oxygens (including phenoxy) is 1. The van der Waals surface area contributed by atoms with Gasteiger partial charge in [-0.15, -0.1) is 0 Å². The van der Waals surface area contributed by atoms with E-state index in [-0.39, 0.29) is 30.3 Å². The maximum Gasteiger partial charge on any atom is 0.319 e. The molecule has 0 heterocycles. The van der Waals surface area contributed by atoms with Gasteiger partial charge >= 0.3 is 6.03 Å². The largest absolute Gasteiger partial charge is 0.373 e. The van der Waals surface area contributed by atoms with Crippen LogP contribution in [0.1, 0.15) is 31.2 Å². The van der Waals surface area contributed by atoms with Crippen molar-refractivity contribution < 1.29 is 18.3 Å². The Kier molecular flexibility index (Phi) is 6.23. The first-order valence-corrected chi connectivity index (χ1v) is 10.2. The van der Waals surface area contributed by atoms with E-state index in [1.54, 1.807) is 0 Å². The molecule has 0 saturated heterocycles. The average molecular weight is 410 g/mol. The van der Waals surface area contributed by atoms with Crippen molar-refractivity contribution in [3.05, 3.63) is 77.9 Å². The van der Waals surface area contributed by atoms with Crippen molar-refractivity contribution >= 4 is 22.5 Å². The van der Waals surface area contributed by atoms with Gasteiger partial charge in [-0.1, -0.05) is 36.4 Å². The van der Waals surface area contributed by atoms with Gasteiger partial charge in [0, 0.05) is 17.3 Å². The molecule has 1 saturated carbocycles. The molecule has 0 atom stereocenters. The summed E-state index contributed by atoms with van der Waals surface area (Å²) in [7, 11) is 0. The number of hydrogen-bond acceptors (Lipinski definition) is 2. The van der Waals surface area contributed by atoms with Crippen molar-refractivity contribution in [3.63, 3.8) is 0 Å². The number of halogens is 2. The summed E-state index contributed by atoms with van der Waals surface area (Å²) in [5.41, 5.74) is 0.711. The predicted molar refractivity (Wildman–Crippen MR) is 113 cm³/mol. The van der Waals surface area contributed by atoms with Gasteiger partial charge in [-0.2, -0.15) is 0 Å². The Morgan fingerprint density at radius 3 is 2.33 bits per heavy atom. The van der Waals surface area contributed by atoms with Crippen LogP contribution in [-0.4, -0.2) is 18.2 Å². The second kappa shape index (κ2) is 9.22. The minimum Gasteiger partial charge on any atom is -0.373 e. The highest BCUT2D eigenvalue weighted by molar-refractivity contribution is 5.93. The smallest absolute Gasteiger partial charge is 0.319 e. The zero-order chi connectivity index (χ0) is 20.9. The van der Waals surface area contributed by atoms with Crippen LogP contribution in [0.25, 0.3) is 10.8 Å². The van der Waals surface area contributed by atoms with Gasteiger partial charge < -0.3 is 15.4 Å². The van der Waals surface area contributed by atoms with Gasteiger partial charge in [0.15, 0.2) is 0 Å². The molecule has 3 aromatic rings. The summed E-state index contributed by atoms with van der Waals surface area (Å²) in [6.45, 7) is -0.0796. The van der Waals surface area contributed by atoms with Crippen LogP contribution in [0, 0.1) is 11.6 Å². The molecule has 156 valence electrons. The van der Waals surface area contributed by atoms with Gasteiger partial charge in [0.05, 0.1) is 12.7 Å². The molecule has 0 unspecified atom stereocenters. The molecule has 0 spiro atoms. The molecular formula is C24H24F2N2O2. The van der Waals surface area contributed by atoms with E-state index in [1.165, 1.54) is 18.2 Å². The first kappa shape index (κ1) is 20.3. The lowest BCUT2D eigenvalue weighted by molar-refractivity contribution is 0.00964. The first-order chi connectivity index (χ1) is 14.6. The molecule has 3 aromatic carbocycles. The zero-order valence-corrected chi connectivity index (χ0v) is 16.5. The molecule has 0 aromatic heterocycles. The summed E-state index contributed by atoms with van der Waals surface area (Å²) in [6.07, 6.45) is 2.92. The van der Waals surface area contributed by atoms with E-state index >= 15 is 0 Å². The second-order valence-corrected chi connectivity index (χ2v) is 7.65. The number of benzene rings is 3. The highest BCUT2D eigenvalue weighted by atomic mass is 19.1. The fourth-order valence-electron chi connectivity index (χ4n) is 3.86. The summed E-state index contributed by atoms with van der Waals surface area (Å²) in [5.74, 6) is -1.17. The maximum absolute atomic E-state index is 13.7. The summed E-state index contributed by atoms with van der Waals surface area (Å²) in [4.78, 5) is 12.3. The first-order valence-electron chi connectivity index (χ1n) is 10.2. The molecule has 6 heteroatoms. The third-order valence-corrected chi connectivity index (χ3v) is 5.54. The average Bonchev–Trinajstić information content (AvgIpc) is 2.74. The van der Waals surface area contributed by atoms with Gasteiger partial charge in [-0.3, -0.25) is 0 Å². The monoisotopic (exact) mass is 410 g/mol. The lowest BCUT2D eigenvalue weighted by Crippen LogP contribution is -2.41. The topological polar surface area (TPSA) is 50.4 Å². The van der Waals surface area contributed by atoms with Gasteiger partial charge in [-0.25, -0.2) is 13.6 Å². The Labute approximate surface area is 174 Å². The van der Waals surface area contributed by atoms with Gasteiger partial charge in [-0.05, 0) is 60.7 Å². The predicted octanol–water partition coefficient (Wildman–Crippen LogP) is 5.77. The number of urea groups is 1. The Morgan fingerprint density at radius 2 is 1.60 bits per heavy atom. The van der Waals surface area contributed by atoms with Crippen LogP contribution in [0.2, 0.25) is 0 Å². The molecule has 4 nitrogen and oxygen atoms in total. The van der Waals surface area contributed by atoms with E-state index in [2.05, 4.69) is 10.6 Å². The zero-order valence-electron chi connectivity index (χ0n) is 16.5. The number of fused-ring (bicyclic) bond motifs is 1. The number of amides is 2. The standard InChI is InChI=1S/C24H24F2N2O2/c25-22-6-3-7-23(26)21(22)15-30-20-12-10-18(11-13-20)27-24(29)28-19-9-8-16-4-1-2-5-17(16)14-19/h1-9,14,18,20H,10-13,15H2,(H2,27,28,29)/t18-,20-. The minimum absolute atomic E-state index is 0.0347.